The Kier molecular flexibility index (Phi) is 6.80. The highest BCUT2D eigenvalue weighted by Gasteiger charge is 2.44. The summed E-state index contributed by atoms with van der Waals surface area (Å²) in [6.07, 6.45) is 2.93. The number of halogens is 1. The van der Waals surface area contributed by atoms with E-state index in [0.29, 0.717) is 12.8 Å². The third kappa shape index (κ3) is 4.48. The zero-order valence-corrected chi connectivity index (χ0v) is 19.9. The summed E-state index contributed by atoms with van der Waals surface area (Å²) in [5.74, 6) is -1.16. The molecule has 0 spiro atoms. The van der Waals surface area contributed by atoms with Gasteiger partial charge in [0.05, 0.1) is 0 Å². The van der Waals surface area contributed by atoms with Crippen molar-refractivity contribution in [1.82, 2.24) is 28.9 Å². The Labute approximate surface area is 197 Å². The number of piperidine rings is 1. The van der Waals surface area contributed by atoms with Crippen molar-refractivity contribution in [3.8, 4) is 0 Å². The van der Waals surface area contributed by atoms with Crippen molar-refractivity contribution < 1.29 is 27.6 Å². The van der Waals surface area contributed by atoms with Crippen molar-refractivity contribution in [1.29, 1.82) is 0 Å². The van der Waals surface area contributed by atoms with Crippen LogP contribution in [0, 0.1) is 5.82 Å². The van der Waals surface area contributed by atoms with E-state index in [4.69, 9.17) is 0 Å². The monoisotopic (exact) mass is 496 g/mol. The number of benzene rings is 1. The molecule has 3 heterocycles. The smallest absolute Gasteiger partial charge is 0.319 e. The average molecular weight is 497 g/mol. The number of aromatic nitrogens is 1. The molecule has 11 nitrogen and oxygen atoms in total. The van der Waals surface area contributed by atoms with Crippen molar-refractivity contribution >= 4 is 33.1 Å². The lowest BCUT2D eigenvalue weighted by atomic mass is 9.90. The Bertz CT molecular complexity index is 1180. The molecule has 13 heteroatoms. The Morgan fingerprint density at radius 3 is 2.53 bits per heavy atom. The summed E-state index contributed by atoms with van der Waals surface area (Å²) in [7, 11) is -0.888. The summed E-state index contributed by atoms with van der Waals surface area (Å²) in [6, 6.07) is 2.96. The molecule has 4 rings (SSSR count). The van der Waals surface area contributed by atoms with Gasteiger partial charge in [-0.3, -0.25) is 10.0 Å². The fourth-order valence-corrected chi connectivity index (χ4v) is 6.55. The molecule has 2 aliphatic rings. The molecule has 186 valence electrons. The van der Waals surface area contributed by atoms with Gasteiger partial charge in [-0.25, -0.2) is 14.7 Å². The molecule has 0 saturated carbocycles. The van der Waals surface area contributed by atoms with E-state index in [1.807, 2.05) is 6.20 Å². The van der Waals surface area contributed by atoms with Gasteiger partial charge in [-0.05, 0) is 42.5 Å². The molecule has 0 radical (unpaired) electrons. The molecule has 2 aromatic rings. The highest BCUT2D eigenvalue weighted by atomic mass is 32.2. The van der Waals surface area contributed by atoms with Gasteiger partial charge in [0.25, 0.3) is 16.1 Å². The van der Waals surface area contributed by atoms with Crippen LogP contribution in [0.3, 0.4) is 0 Å². The number of hydrogen-bond acceptors (Lipinski definition) is 5. The Morgan fingerprint density at radius 2 is 1.88 bits per heavy atom. The molecule has 0 aliphatic carbocycles. The second-order valence-electron chi connectivity index (χ2n) is 8.84. The lowest BCUT2D eigenvalue weighted by Crippen LogP contribution is -2.64. The van der Waals surface area contributed by atoms with Crippen LogP contribution in [0.4, 0.5) is 9.18 Å². The summed E-state index contributed by atoms with van der Waals surface area (Å²) in [4.78, 5) is 30.5. The standard InChI is InChI=1S/C21H29FN6O5S/c1-25(2)21(30)26-9-10-28(19(13-26)20(29)24-31)34(32,33)27-7-5-14(6-8-27)17-12-23-18-4-3-15(22)11-16(17)18/h3-4,11-12,14,19,23,31H,5-10,13H2,1-2H3,(H,24,29)/t19-/m1/s1. The number of amides is 3. The van der Waals surface area contributed by atoms with Crippen LogP contribution in [0.25, 0.3) is 10.9 Å². The van der Waals surface area contributed by atoms with Crippen LogP contribution in [0.2, 0.25) is 0 Å². The molecule has 1 atom stereocenters. The number of rotatable bonds is 4. The van der Waals surface area contributed by atoms with Gasteiger partial charge in [0.2, 0.25) is 0 Å². The van der Waals surface area contributed by atoms with Crippen LogP contribution in [-0.2, 0) is 15.0 Å². The van der Waals surface area contributed by atoms with E-state index in [1.165, 1.54) is 31.7 Å². The van der Waals surface area contributed by atoms with Gasteiger partial charge in [-0.2, -0.15) is 17.0 Å². The summed E-state index contributed by atoms with van der Waals surface area (Å²) >= 11 is 0. The lowest BCUT2D eigenvalue weighted by molar-refractivity contribution is -0.134. The van der Waals surface area contributed by atoms with E-state index in [9.17, 15) is 27.6 Å². The van der Waals surface area contributed by atoms with Crippen LogP contribution in [0.5, 0.6) is 0 Å². The number of piperazine rings is 1. The van der Waals surface area contributed by atoms with Crippen molar-refractivity contribution in [2.45, 2.75) is 24.8 Å². The van der Waals surface area contributed by atoms with E-state index < -0.39 is 22.2 Å². The largest absolute Gasteiger partial charge is 0.361 e. The van der Waals surface area contributed by atoms with E-state index >= 15 is 0 Å². The molecule has 3 amide bonds. The first-order valence-corrected chi connectivity index (χ1v) is 12.5. The lowest BCUT2D eigenvalue weighted by Gasteiger charge is -2.42. The predicted octanol–water partition coefficient (Wildman–Crippen LogP) is 0.904. The van der Waals surface area contributed by atoms with Crippen molar-refractivity contribution in [2.75, 3.05) is 46.8 Å². The molecular weight excluding hydrogens is 467 g/mol. The number of urea groups is 1. The number of hydroxylamine groups is 1. The van der Waals surface area contributed by atoms with Crippen LogP contribution in [0.1, 0.15) is 24.3 Å². The van der Waals surface area contributed by atoms with Gasteiger partial charge in [0, 0.05) is 63.9 Å². The Balaban J connectivity index is 1.49. The molecule has 1 aromatic heterocycles. The zero-order valence-electron chi connectivity index (χ0n) is 19.1. The normalized spacial score (nSPS) is 21.1. The summed E-state index contributed by atoms with van der Waals surface area (Å²) in [6.45, 7) is 0.364. The minimum absolute atomic E-state index is 0.0631. The van der Waals surface area contributed by atoms with Crippen LogP contribution < -0.4 is 5.48 Å². The van der Waals surface area contributed by atoms with Crippen LogP contribution >= 0.6 is 0 Å². The number of carbonyl (C=O) groups is 2. The maximum absolute atomic E-state index is 13.8. The van der Waals surface area contributed by atoms with Crippen molar-refractivity contribution in [3.05, 3.63) is 35.8 Å². The molecule has 3 N–H and O–H groups in total. The summed E-state index contributed by atoms with van der Waals surface area (Å²) < 4.78 is 43.0. The van der Waals surface area contributed by atoms with Crippen molar-refractivity contribution in [2.24, 2.45) is 0 Å². The summed E-state index contributed by atoms with van der Waals surface area (Å²) in [5.41, 5.74) is 3.31. The molecule has 1 aromatic carbocycles. The van der Waals surface area contributed by atoms with Gasteiger partial charge in [-0.15, -0.1) is 0 Å². The predicted molar refractivity (Wildman–Crippen MR) is 122 cm³/mol. The first kappa shape index (κ1) is 24.4. The van der Waals surface area contributed by atoms with Gasteiger partial charge < -0.3 is 14.8 Å². The molecule has 0 bridgehead atoms. The minimum atomic E-state index is -4.02. The van der Waals surface area contributed by atoms with Gasteiger partial charge in [0.1, 0.15) is 11.9 Å². The number of nitrogens with one attached hydrogen (secondary N) is 2. The van der Waals surface area contributed by atoms with E-state index in [1.54, 1.807) is 20.2 Å². The highest BCUT2D eigenvalue weighted by molar-refractivity contribution is 7.86. The molecule has 34 heavy (non-hydrogen) atoms. The third-order valence-corrected chi connectivity index (χ3v) is 8.64. The van der Waals surface area contributed by atoms with Gasteiger partial charge in [0.15, 0.2) is 0 Å². The maximum Gasteiger partial charge on any atom is 0.319 e. The van der Waals surface area contributed by atoms with E-state index in [2.05, 4.69) is 4.98 Å². The molecule has 0 unspecified atom stereocenters. The zero-order chi connectivity index (χ0) is 24.6. The fourth-order valence-electron chi connectivity index (χ4n) is 4.79. The molecule has 2 fully saturated rings. The van der Waals surface area contributed by atoms with Gasteiger partial charge >= 0.3 is 6.03 Å². The quantitative estimate of drug-likeness (QED) is 0.428. The first-order valence-electron chi connectivity index (χ1n) is 11.1. The SMILES string of the molecule is CN(C)C(=O)N1CCN(S(=O)(=O)N2CCC(c3c[nH]c4ccc(F)cc34)CC2)[C@@H](C(=O)NO)C1. The fraction of sp³-hybridized carbons (Fsp3) is 0.524. The maximum atomic E-state index is 13.8. The van der Waals surface area contributed by atoms with E-state index in [-0.39, 0.29) is 50.5 Å². The summed E-state index contributed by atoms with van der Waals surface area (Å²) in [5, 5.41) is 9.98. The highest BCUT2D eigenvalue weighted by Crippen LogP contribution is 2.35. The second kappa shape index (κ2) is 9.49. The number of nitrogens with zero attached hydrogens (tertiary/aromatic N) is 4. The number of carbonyl (C=O) groups excluding carboxylic acids is 2. The topological polar surface area (TPSA) is 129 Å². The third-order valence-electron chi connectivity index (χ3n) is 6.59. The molecule has 2 saturated heterocycles. The van der Waals surface area contributed by atoms with E-state index in [0.717, 1.165) is 20.8 Å². The number of hydrogen-bond donors (Lipinski definition) is 3. The van der Waals surface area contributed by atoms with Crippen molar-refractivity contribution in [3.63, 3.8) is 0 Å². The number of aromatic amines is 1. The Morgan fingerprint density at radius 1 is 1.18 bits per heavy atom. The van der Waals surface area contributed by atoms with Gasteiger partial charge in [-0.1, -0.05) is 0 Å². The Hall–Kier alpha value is -2.74. The minimum Gasteiger partial charge on any atom is -0.361 e. The number of fused-ring (bicyclic) bond motifs is 1. The van der Waals surface area contributed by atoms with Crippen LogP contribution in [0.15, 0.2) is 24.4 Å². The van der Waals surface area contributed by atoms with Crippen LogP contribution in [-0.4, -0.2) is 102 Å². The second-order valence-corrected chi connectivity index (χ2v) is 10.7. The average Bonchev–Trinajstić information content (AvgIpc) is 3.25. The molecular formula is C21H29FN6O5S. The molecule has 2 aliphatic heterocycles. The number of H-pyrrole nitrogens is 1. The first-order chi connectivity index (χ1) is 16.1.